The van der Waals surface area contributed by atoms with Crippen LogP contribution in [-0.2, 0) is 0 Å². The molecule has 2 N–H and O–H groups in total. The Balaban J connectivity index is 0.00000180. The molecule has 0 aromatic heterocycles. The van der Waals surface area contributed by atoms with Crippen molar-refractivity contribution in [2.45, 2.75) is 18.9 Å². The zero-order valence-electron chi connectivity index (χ0n) is 10.6. The minimum absolute atomic E-state index is 0. The van der Waals surface area contributed by atoms with Gasteiger partial charge < -0.3 is 10.5 Å². The van der Waals surface area contributed by atoms with Gasteiger partial charge in [0.25, 0.3) is 0 Å². The van der Waals surface area contributed by atoms with E-state index in [1.807, 2.05) is 0 Å². The van der Waals surface area contributed by atoms with E-state index in [4.69, 9.17) is 10.5 Å². The van der Waals surface area contributed by atoms with Crippen LogP contribution >= 0.6 is 28.3 Å². The molecule has 19 heavy (non-hydrogen) atoms. The Labute approximate surface area is 127 Å². The molecule has 1 aromatic rings. The van der Waals surface area contributed by atoms with Crippen molar-refractivity contribution in [1.29, 1.82) is 0 Å². The van der Waals surface area contributed by atoms with Gasteiger partial charge >= 0.3 is 0 Å². The average Bonchev–Trinajstić information content (AvgIpc) is 2.30. The first-order chi connectivity index (χ1) is 8.63. The van der Waals surface area contributed by atoms with E-state index in [9.17, 15) is 4.39 Å². The summed E-state index contributed by atoms with van der Waals surface area (Å²) in [6.45, 7) is 3.49. The molecule has 1 aromatic carbocycles. The van der Waals surface area contributed by atoms with Crippen LogP contribution < -0.4 is 10.5 Å². The van der Waals surface area contributed by atoms with Gasteiger partial charge in [0.15, 0.2) is 0 Å². The maximum atomic E-state index is 13.1. The van der Waals surface area contributed by atoms with Crippen LogP contribution in [0.2, 0.25) is 0 Å². The van der Waals surface area contributed by atoms with E-state index in [-0.39, 0.29) is 18.2 Å². The quantitative estimate of drug-likeness (QED) is 0.904. The van der Waals surface area contributed by atoms with Crippen molar-refractivity contribution in [2.24, 2.45) is 5.73 Å². The molecule has 108 valence electrons. The van der Waals surface area contributed by atoms with Gasteiger partial charge in [-0.2, -0.15) is 0 Å². The number of hydrogen-bond donors (Lipinski definition) is 1. The first kappa shape index (κ1) is 16.7. The first-order valence-electron chi connectivity index (χ1n) is 6.20. The molecular weight excluding hydrogens is 335 g/mol. The van der Waals surface area contributed by atoms with Crippen LogP contribution in [0.25, 0.3) is 0 Å². The predicted octanol–water partition coefficient (Wildman–Crippen LogP) is 2.81. The van der Waals surface area contributed by atoms with Crippen molar-refractivity contribution in [1.82, 2.24) is 4.90 Å². The minimum atomic E-state index is -0.289. The van der Waals surface area contributed by atoms with E-state index in [2.05, 4.69) is 20.8 Å². The maximum absolute atomic E-state index is 13.1. The summed E-state index contributed by atoms with van der Waals surface area (Å²) in [6.07, 6.45) is 2.09. The number of piperidine rings is 1. The van der Waals surface area contributed by atoms with E-state index in [0.29, 0.717) is 22.9 Å². The lowest BCUT2D eigenvalue weighted by molar-refractivity contribution is 0.174. The lowest BCUT2D eigenvalue weighted by Gasteiger charge is -2.29. The zero-order valence-corrected chi connectivity index (χ0v) is 13.1. The number of rotatable bonds is 4. The number of nitrogens with zero attached hydrogens (tertiary/aromatic N) is 1. The molecule has 1 heterocycles. The number of ether oxygens (including phenoxy) is 1. The summed E-state index contributed by atoms with van der Waals surface area (Å²) in [7, 11) is 0. The second-order valence-corrected chi connectivity index (χ2v) is 5.55. The monoisotopic (exact) mass is 352 g/mol. The fourth-order valence-electron chi connectivity index (χ4n) is 2.08. The highest BCUT2D eigenvalue weighted by molar-refractivity contribution is 9.10. The van der Waals surface area contributed by atoms with Crippen LogP contribution in [0.1, 0.15) is 12.8 Å². The number of benzene rings is 1. The first-order valence-corrected chi connectivity index (χ1v) is 6.99. The summed E-state index contributed by atoms with van der Waals surface area (Å²) in [5.74, 6) is 0.277. The lowest BCUT2D eigenvalue weighted by atomic mass is 10.1. The third-order valence-corrected chi connectivity index (χ3v) is 3.60. The third-order valence-electron chi connectivity index (χ3n) is 3.14. The lowest BCUT2D eigenvalue weighted by Crippen LogP contribution is -2.41. The Morgan fingerprint density at radius 1 is 1.32 bits per heavy atom. The van der Waals surface area contributed by atoms with E-state index in [0.717, 1.165) is 32.5 Å². The Morgan fingerprint density at radius 3 is 2.63 bits per heavy atom. The molecule has 1 aliphatic rings. The molecule has 6 heteroatoms. The van der Waals surface area contributed by atoms with Gasteiger partial charge in [0, 0.05) is 23.1 Å². The molecule has 1 aliphatic heterocycles. The molecule has 0 bridgehead atoms. The maximum Gasteiger partial charge on any atom is 0.128 e. The van der Waals surface area contributed by atoms with Gasteiger partial charge in [-0.3, -0.25) is 4.90 Å². The van der Waals surface area contributed by atoms with Crippen LogP contribution in [0.15, 0.2) is 22.7 Å². The average molecular weight is 354 g/mol. The Morgan fingerprint density at radius 2 is 2.00 bits per heavy atom. The summed E-state index contributed by atoms with van der Waals surface area (Å²) in [4.78, 5) is 2.33. The molecule has 0 aliphatic carbocycles. The van der Waals surface area contributed by atoms with Crippen molar-refractivity contribution < 1.29 is 9.13 Å². The fraction of sp³-hybridized carbons (Fsp3) is 0.538. The van der Waals surface area contributed by atoms with Crippen LogP contribution in [0.4, 0.5) is 4.39 Å². The fourth-order valence-corrected chi connectivity index (χ4v) is 2.53. The highest BCUT2D eigenvalue weighted by Gasteiger charge is 2.15. The second kappa shape index (κ2) is 8.04. The van der Waals surface area contributed by atoms with Gasteiger partial charge in [0.2, 0.25) is 0 Å². The van der Waals surface area contributed by atoms with E-state index in [1.165, 1.54) is 12.1 Å². The van der Waals surface area contributed by atoms with E-state index >= 15 is 0 Å². The molecule has 1 fully saturated rings. The third kappa shape index (κ3) is 5.65. The molecule has 0 radical (unpaired) electrons. The van der Waals surface area contributed by atoms with Crippen LogP contribution in [0, 0.1) is 5.82 Å². The second-order valence-electron chi connectivity index (χ2n) is 4.63. The van der Waals surface area contributed by atoms with Crippen LogP contribution in [0.5, 0.6) is 5.75 Å². The Kier molecular flexibility index (Phi) is 7.07. The van der Waals surface area contributed by atoms with Crippen molar-refractivity contribution in [3.63, 3.8) is 0 Å². The van der Waals surface area contributed by atoms with Gasteiger partial charge in [0.1, 0.15) is 18.2 Å². The minimum Gasteiger partial charge on any atom is -0.492 e. The normalized spacial score (nSPS) is 17.0. The highest BCUT2D eigenvalue weighted by atomic mass is 79.9. The predicted molar refractivity (Wildman–Crippen MR) is 80.5 cm³/mol. The SMILES string of the molecule is Cl.NC1CCN(CCOc2cc(F)cc(Br)c2)CC1. The van der Waals surface area contributed by atoms with Crippen LogP contribution in [-0.4, -0.2) is 37.2 Å². The molecule has 2 rings (SSSR count). The smallest absolute Gasteiger partial charge is 0.128 e. The number of likely N-dealkylation sites (tertiary alicyclic amines) is 1. The number of halogens is 3. The molecule has 0 saturated carbocycles. The van der Waals surface area contributed by atoms with Gasteiger partial charge in [-0.15, -0.1) is 12.4 Å². The summed E-state index contributed by atoms with van der Waals surface area (Å²) in [6, 6.07) is 4.94. The Bertz CT molecular complexity index is 380. The molecule has 0 unspecified atom stereocenters. The van der Waals surface area contributed by atoms with Gasteiger partial charge in [-0.25, -0.2) is 4.39 Å². The van der Waals surface area contributed by atoms with E-state index < -0.39 is 0 Å². The molecule has 0 atom stereocenters. The molecule has 0 amide bonds. The van der Waals surface area contributed by atoms with E-state index in [1.54, 1.807) is 6.07 Å². The number of nitrogens with two attached hydrogens (primary N) is 1. The van der Waals surface area contributed by atoms with Crippen molar-refractivity contribution in [2.75, 3.05) is 26.2 Å². The number of hydrogen-bond acceptors (Lipinski definition) is 3. The standard InChI is InChI=1S/C13H18BrFN2O.ClH/c14-10-7-11(15)9-13(8-10)18-6-5-17-3-1-12(16)2-4-17;/h7-9,12H,1-6,16H2;1H. The molecule has 3 nitrogen and oxygen atoms in total. The summed E-state index contributed by atoms with van der Waals surface area (Å²) < 4.78 is 19.4. The summed E-state index contributed by atoms with van der Waals surface area (Å²) in [5.41, 5.74) is 5.85. The topological polar surface area (TPSA) is 38.5 Å². The largest absolute Gasteiger partial charge is 0.492 e. The van der Waals surface area contributed by atoms with Crippen molar-refractivity contribution >= 4 is 28.3 Å². The summed E-state index contributed by atoms with van der Waals surface area (Å²) >= 11 is 3.24. The van der Waals surface area contributed by atoms with Gasteiger partial charge in [0.05, 0.1) is 0 Å². The zero-order chi connectivity index (χ0) is 13.0. The Hall–Kier alpha value is -0.360. The van der Waals surface area contributed by atoms with Crippen molar-refractivity contribution in [3.8, 4) is 5.75 Å². The highest BCUT2D eigenvalue weighted by Crippen LogP contribution is 2.20. The van der Waals surface area contributed by atoms with Crippen molar-refractivity contribution in [3.05, 3.63) is 28.5 Å². The van der Waals surface area contributed by atoms with Gasteiger partial charge in [-0.05, 0) is 38.1 Å². The molecule has 0 spiro atoms. The molecule has 1 saturated heterocycles. The molecular formula is C13H19BrClFN2O. The van der Waals surface area contributed by atoms with Gasteiger partial charge in [-0.1, -0.05) is 15.9 Å². The van der Waals surface area contributed by atoms with Crippen LogP contribution in [0.3, 0.4) is 0 Å². The summed E-state index contributed by atoms with van der Waals surface area (Å²) in [5, 5.41) is 0.